The Balaban J connectivity index is 0.000000249. The first-order chi connectivity index (χ1) is 20.3. The molecule has 0 spiro atoms. The van der Waals surface area contributed by atoms with Crippen molar-refractivity contribution in [1.29, 1.82) is 0 Å². The Morgan fingerprint density at radius 3 is 1.42 bits per heavy atom. The van der Waals surface area contributed by atoms with Crippen molar-refractivity contribution in [3.63, 3.8) is 0 Å². The van der Waals surface area contributed by atoms with Crippen molar-refractivity contribution >= 4 is 37.3 Å². The second-order valence-corrected chi connectivity index (χ2v) is 13.8. The number of rotatable bonds is 8. The zero-order chi connectivity index (χ0) is 31.9. The average Bonchev–Trinajstić information content (AvgIpc) is 2.98. The molecule has 0 aliphatic heterocycles. The number of carbonyl (C=O) groups is 1. The molecule has 0 atom stereocenters. The summed E-state index contributed by atoms with van der Waals surface area (Å²) in [5.41, 5.74) is 0. The normalized spacial score (nSPS) is 13.9. The van der Waals surface area contributed by atoms with Crippen LogP contribution in [0.1, 0.15) is 32.1 Å². The summed E-state index contributed by atoms with van der Waals surface area (Å²) in [7, 11) is -10.5. The SMILES string of the molecule is O=C(OCC1CCCCC1)OS(=O)(=O)C(F)F.O=S(=O)([O-])C(F)F.c1ccc([S+](c2ccccc2)c2ccccc2)cc1. The Morgan fingerprint density at radius 1 is 0.721 bits per heavy atom. The van der Waals surface area contributed by atoms with E-state index in [0.717, 1.165) is 32.1 Å². The summed E-state index contributed by atoms with van der Waals surface area (Å²) in [6.45, 7) is 0.0115. The number of carbonyl (C=O) groups excluding carboxylic acids is 1. The lowest BCUT2D eigenvalue weighted by Crippen LogP contribution is -2.22. The summed E-state index contributed by atoms with van der Waals surface area (Å²) >= 11 is 0. The van der Waals surface area contributed by atoms with Gasteiger partial charge in [0.1, 0.15) is 0 Å². The number of ether oxygens (including phenoxy) is 1. The van der Waals surface area contributed by atoms with Gasteiger partial charge in [-0.25, -0.2) is 13.2 Å². The maximum atomic E-state index is 11.8. The van der Waals surface area contributed by atoms with Gasteiger partial charge in [0.25, 0.3) is 0 Å². The highest BCUT2D eigenvalue weighted by atomic mass is 32.2. The topological polar surface area (TPSA) is 127 Å². The summed E-state index contributed by atoms with van der Waals surface area (Å²) in [6, 6.07) is 32.2. The minimum atomic E-state index is -5.32. The maximum absolute atomic E-state index is 11.8. The zero-order valence-electron chi connectivity index (χ0n) is 22.6. The molecule has 1 aliphatic carbocycles. The first kappa shape index (κ1) is 36.1. The van der Waals surface area contributed by atoms with E-state index in [1.807, 2.05) is 0 Å². The van der Waals surface area contributed by atoms with E-state index in [2.05, 4.69) is 99.9 Å². The summed E-state index contributed by atoms with van der Waals surface area (Å²) in [6.07, 6.45) is 3.36. The van der Waals surface area contributed by atoms with E-state index in [9.17, 15) is 30.8 Å². The van der Waals surface area contributed by atoms with Crippen LogP contribution in [-0.2, 0) is 40.1 Å². The fraction of sp³-hybridized carbons (Fsp3) is 0.321. The maximum Gasteiger partial charge on any atom is 0.524 e. The first-order valence-electron chi connectivity index (χ1n) is 12.8. The van der Waals surface area contributed by atoms with Crippen LogP contribution in [-0.4, -0.2) is 45.7 Å². The monoisotopic (exact) mass is 666 g/mol. The van der Waals surface area contributed by atoms with E-state index in [0.29, 0.717) is 0 Å². The largest absolute Gasteiger partial charge is 0.744 e. The lowest BCUT2D eigenvalue weighted by molar-refractivity contribution is 0.0746. The molecule has 1 saturated carbocycles. The smallest absolute Gasteiger partial charge is 0.524 e. The number of halogens is 4. The van der Waals surface area contributed by atoms with Crippen LogP contribution in [0.15, 0.2) is 106 Å². The minimum absolute atomic E-state index is 0.0115. The van der Waals surface area contributed by atoms with Gasteiger partial charge in [-0.05, 0) is 55.2 Å². The second-order valence-electron chi connectivity index (χ2n) is 8.90. The van der Waals surface area contributed by atoms with Crippen molar-refractivity contribution in [2.45, 2.75) is 58.3 Å². The molecule has 236 valence electrons. The highest BCUT2D eigenvalue weighted by Gasteiger charge is 2.30. The van der Waals surface area contributed by atoms with E-state index < -0.39 is 37.9 Å². The van der Waals surface area contributed by atoms with Crippen LogP contribution in [0, 0.1) is 5.92 Å². The Hall–Kier alpha value is -3.14. The molecule has 8 nitrogen and oxygen atoms in total. The third-order valence-electron chi connectivity index (χ3n) is 5.72. The van der Waals surface area contributed by atoms with E-state index in [4.69, 9.17) is 13.0 Å². The lowest BCUT2D eigenvalue weighted by atomic mass is 9.90. The lowest BCUT2D eigenvalue weighted by Gasteiger charge is -2.20. The molecular weight excluding hydrogens is 636 g/mol. The van der Waals surface area contributed by atoms with Crippen LogP contribution < -0.4 is 0 Å². The highest BCUT2D eigenvalue weighted by Crippen LogP contribution is 2.30. The van der Waals surface area contributed by atoms with E-state index in [1.54, 1.807) is 0 Å². The fourth-order valence-corrected chi connectivity index (χ4v) is 6.19. The molecule has 0 heterocycles. The van der Waals surface area contributed by atoms with Gasteiger partial charge in [0.15, 0.2) is 24.8 Å². The van der Waals surface area contributed by atoms with Crippen molar-refractivity contribution in [1.82, 2.24) is 0 Å². The molecule has 0 N–H and O–H groups in total. The minimum Gasteiger partial charge on any atom is -0.744 e. The molecule has 0 saturated heterocycles. The molecule has 0 unspecified atom stereocenters. The molecule has 3 aromatic carbocycles. The van der Waals surface area contributed by atoms with Crippen LogP contribution >= 0.6 is 0 Å². The molecule has 1 aliphatic rings. The van der Waals surface area contributed by atoms with Crippen LogP contribution in [0.5, 0.6) is 0 Å². The van der Waals surface area contributed by atoms with Crippen molar-refractivity contribution in [2.24, 2.45) is 5.92 Å². The van der Waals surface area contributed by atoms with Crippen LogP contribution in [0.4, 0.5) is 22.4 Å². The number of hydrogen-bond acceptors (Lipinski definition) is 8. The van der Waals surface area contributed by atoms with Crippen LogP contribution in [0.25, 0.3) is 0 Å². The Morgan fingerprint density at radius 2 is 1.09 bits per heavy atom. The number of benzene rings is 3. The predicted molar refractivity (Wildman–Crippen MR) is 151 cm³/mol. The van der Waals surface area contributed by atoms with E-state index in [-0.39, 0.29) is 23.4 Å². The molecule has 0 amide bonds. The average molecular weight is 667 g/mol. The standard InChI is InChI=1S/C18H15S.C9H14F2O5S.CH2F2O3S/c1-4-10-16(11-5-1)19(17-12-6-2-7-13-17)18-14-8-3-9-15-18;10-8(11)17(13,14)16-9(12)15-6-7-4-2-1-3-5-7;2-1(3)7(4,5)6/h1-15H;7-8H,1-6H2;1H,(H,4,5,6)/q+1;;/p-1. The molecule has 0 radical (unpaired) electrons. The van der Waals surface area contributed by atoms with Gasteiger partial charge in [0.2, 0.25) is 0 Å². The number of hydrogen-bond donors (Lipinski definition) is 0. The molecule has 43 heavy (non-hydrogen) atoms. The van der Waals surface area contributed by atoms with E-state index in [1.165, 1.54) is 14.7 Å². The molecule has 4 rings (SSSR count). The van der Waals surface area contributed by atoms with E-state index >= 15 is 0 Å². The third-order valence-corrected chi connectivity index (χ3v) is 9.19. The predicted octanol–water partition coefficient (Wildman–Crippen LogP) is 6.81. The summed E-state index contributed by atoms with van der Waals surface area (Å²) < 4.78 is 101. The highest BCUT2D eigenvalue weighted by molar-refractivity contribution is 7.97. The van der Waals surface area contributed by atoms with Gasteiger partial charge < -0.3 is 13.5 Å². The quantitative estimate of drug-likeness (QED) is 0.0844. The molecule has 15 heteroatoms. The molecular formula is C28H30F4O8S3. The van der Waals surface area contributed by atoms with Crippen molar-refractivity contribution < 1.29 is 52.7 Å². The van der Waals surface area contributed by atoms with Gasteiger partial charge in [-0.15, -0.1) is 0 Å². The van der Waals surface area contributed by atoms with Crippen molar-refractivity contribution in [3.8, 4) is 0 Å². The van der Waals surface area contributed by atoms with Crippen molar-refractivity contribution in [3.05, 3.63) is 91.0 Å². The third kappa shape index (κ3) is 13.4. The Kier molecular flexibility index (Phi) is 15.0. The molecule has 0 aromatic heterocycles. The Labute approximate surface area is 251 Å². The van der Waals surface area contributed by atoms with Gasteiger partial charge in [0.05, 0.1) is 17.5 Å². The fourth-order valence-electron chi connectivity index (χ4n) is 3.77. The summed E-state index contributed by atoms with van der Waals surface area (Å²) in [5, 5.41) is 0. The zero-order valence-corrected chi connectivity index (χ0v) is 25.1. The summed E-state index contributed by atoms with van der Waals surface area (Å²) in [5.74, 6) is -7.37. The Bertz CT molecular complexity index is 1350. The van der Waals surface area contributed by atoms with Gasteiger partial charge in [-0.2, -0.15) is 26.0 Å². The molecule has 1 fully saturated rings. The van der Waals surface area contributed by atoms with Gasteiger partial charge in [0, 0.05) is 0 Å². The van der Waals surface area contributed by atoms with Gasteiger partial charge >= 0.3 is 27.8 Å². The van der Waals surface area contributed by atoms with Gasteiger partial charge in [-0.3, -0.25) is 0 Å². The molecule has 3 aromatic rings. The molecule has 0 bridgehead atoms. The second kappa shape index (κ2) is 17.9. The van der Waals surface area contributed by atoms with Crippen LogP contribution in [0.2, 0.25) is 0 Å². The summed E-state index contributed by atoms with van der Waals surface area (Å²) in [4.78, 5) is 14.9. The number of alkyl halides is 4. The van der Waals surface area contributed by atoms with Crippen molar-refractivity contribution in [2.75, 3.05) is 6.61 Å². The van der Waals surface area contributed by atoms with Crippen LogP contribution in [0.3, 0.4) is 0 Å². The van der Waals surface area contributed by atoms with Gasteiger partial charge in [-0.1, -0.05) is 73.9 Å². The first-order valence-corrected chi connectivity index (χ1v) is 17.0.